The normalized spacial score (nSPS) is 19.0. The van der Waals surface area contributed by atoms with Crippen LogP contribution in [0.3, 0.4) is 0 Å². The molecule has 1 aliphatic rings. The Balaban J connectivity index is 1.98. The first kappa shape index (κ1) is 21.6. The topological polar surface area (TPSA) is 101 Å². The molecule has 0 bridgehead atoms. The lowest BCUT2D eigenvalue weighted by Crippen LogP contribution is -2.42. The maximum absolute atomic E-state index is 12.5. The highest BCUT2D eigenvalue weighted by Crippen LogP contribution is 2.19. The van der Waals surface area contributed by atoms with Crippen molar-refractivity contribution in [3.05, 3.63) is 42.0 Å². The van der Waals surface area contributed by atoms with Crippen LogP contribution in [0.5, 0.6) is 0 Å². The van der Waals surface area contributed by atoms with Crippen LogP contribution in [0.2, 0.25) is 0 Å². The Hall–Kier alpha value is -1.71. The Kier molecular flexibility index (Phi) is 6.82. The van der Waals surface area contributed by atoms with E-state index in [1.807, 2.05) is 13.8 Å². The maximum atomic E-state index is 12.5. The quantitative estimate of drug-likeness (QED) is 0.644. The number of carbonyl (C=O) groups excluding carboxylic acids is 1. The molecule has 27 heavy (non-hydrogen) atoms. The van der Waals surface area contributed by atoms with Crippen LogP contribution in [-0.2, 0) is 24.7 Å². The molecule has 1 amide bonds. The van der Waals surface area contributed by atoms with Gasteiger partial charge in [-0.2, -0.15) is 0 Å². The second-order valence-corrected chi connectivity index (χ2v) is 10.8. The standard InChI is InChI=1S/C18H26N2O5S2/c1-4-10-20(16-8-11-26(22,23)13-16)18(21)7-9-19-27(24,25)17-6-5-14(2)15(3)12-17/h4-6,12,16,19H,1,7-11,13H2,2-3H3. The lowest BCUT2D eigenvalue weighted by atomic mass is 10.1. The van der Waals surface area contributed by atoms with Gasteiger partial charge in [-0.1, -0.05) is 12.1 Å². The zero-order chi connectivity index (χ0) is 20.2. The summed E-state index contributed by atoms with van der Waals surface area (Å²) in [5.74, 6) is -0.279. The third kappa shape index (κ3) is 5.63. The molecule has 9 heteroatoms. The molecule has 1 unspecified atom stereocenters. The first-order valence-electron chi connectivity index (χ1n) is 8.73. The van der Waals surface area contributed by atoms with Crippen LogP contribution >= 0.6 is 0 Å². The minimum atomic E-state index is -3.71. The number of rotatable bonds is 8. The minimum Gasteiger partial charge on any atom is -0.335 e. The zero-order valence-electron chi connectivity index (χ0n) is 15.6. The van der Waals surface area contributed by atoms with E-state index in [4.69, 9.17) is 0 Å². The molecule has 150 valence electrons. The Labute approximate surface area is 161 Å². The Bertz CT molecular complexity index is 923. The highest BCUT2D eigenvalue weighted by atomic mass is 32.2. The van der Waals surface area contributed by atoms with E-state index in [9.17, 15) is 21.6 Å². The van der Waals surface area contributed by atoms with Crippen LogP contribution in [-0.4, -0.2) is 58.3 Å². The van der Waals surface area contributed by atoms with Crippen molar-refractivity contribution < 1.29 is 21.6 Å². The number of nitrogens with one attached hydrogen (secondary N) is 1. The highest BCUT2D eigenvalue weighted by molar-refractivity contribution is 7.91. The van der Waals surface area contributed by atoms with Crippen molar-refractivity contribution in [2.24, 2.45) is 0 Å². The summed E-state index contributed by atoms with van der Waals surface area (Å²) in [6.45, 7) is 7.53. The van der Waals surface area contributed by atoms with Crippen LogP contribution in [0.15, 0.2) is 35.7 Å². The number of benzene rings is 1. The van der Waals surface area contributed by atoms with E-state index in [-0.39, 0.29) is 47.9 Å². The van der Waals surface area contributed by atoms with Gasteiger partial charge < -0.3 is 4.90 Å². The molecule has 1 atom stereocenters. The van der Waals surface area contributed by atoms with Crippen LogP contribution in [0.1, 0.15) is 24.0 Å². The van der Waals surface area contributed by atoms with Crippen molar-refractivity contribution in [1.29, 1.82) is 0 Å². The van der Waals surface area contributed by atoms with Crippen molar-refractivity contribution >= 4 is 25.8 Å². The summed E-state index contributed by atoms with van der Waals surface area (Å²) in [5.41, 5.74) is 1.87. The van der Waals surface area contributed by atoms with Gasteiger partial charge >= 0.3 is 0 Å². The zero-order valence-corrected chi connectivity index (χ0v) is 17.3. The lowest BCUT2D eigenvalue weighted by molar-refractivity contribution is -0.132. The third-order valence-electron chi connectivity index (χ3n) is 4.71. The summed E-state index contributed by atoms with van der Waals surface area (Å²) in [4.78, 5) is 14.1. The molecule has 1 fully saturated rings. The Morgan fingerprint density at radius 3 is 2.59 bits per heavy atom. The predicted molar refractivity (Wildman–Crippen MR) is 105 cm³/mol. The number of amides is 1. The fourth-order valence-corrected chi connectivity index (χ4v) is 5.86. The van der Waals surface area contributed by atoms with Gasteiger partial charge in [0.05, 0.1) is 16.4 Å². The predicted octanol–water partition coefficient (Wildman–Crippen LogP) is 1.17. The molecule has 0 aromatic heterocycles. The lowest BCUT2D eigenvalue weighted by Gasteiger charge is -2.27. The number of sulfone groups is 1. The number of aryl methyl sites for hydroxylation is 2. The molecule has 0 aliphatic carbocycles. The Morgan fingerprint density at radius 1 is 1.33 bits per heavy atom. The molecule has 1 heterocycles. The van der Waals surface area contributed by atoms with Crippen LogP contribution in [0.4, 0.5) is 0 Å². The number of sulfonamides is 1. The van der Waals surface area contributed by atoms with Crippen molar-refractivity contribution in [3.8, 4) is 0 Å². The second kappa shape index (κ2) is 8.53. The maximum Gasteiger partial charge on any atom is 0.240 e. The van der Waals surface area contributed by atoms with E-state index in [1.54, 1.807) is 18.2 Å². The summed E-state index contributed by atoms with van der Waals surface area (Å²) >= 11 is 0. The van der Waals surface area contributed by atoms with Gasteiger partial charge in [-0.05, 0) is 43.5 Å². The molecule has 0 spiro atoms. The van der Waals surface area contributed by atoms with E-state index < -0.39 is 19.9 Å². The fourth-order valence-electron chi connectivity index (χ4n) is 3.02. The summed E-state index contributed by atoms with van der Waals surface area (Å²) in [6.07, 6.45) is 1.90. The van der Waals surface area contributed by atoms with Gasteiger partial charge in [-0.25, -0.2) is 21.6 Å². The van der Waals surface area contributed by atoms with Gasteiger partial charge in [0.1, 0.15) is 0 Å². The minimum absolute atomic E-state index is 0.0472. The van der Waals surface area contributed by atoms with Gasteiger partial charge in [-0.15, -0.1) is 6.58 Å². The number of nitrogens with zero attached hydrogens (tertiary/aromatic N) is 1. The molecular formula is C18H26N2O5S2. The van der Waals surface area contributed by atoms with Crippen molar-refractivity contribution in [2.45, 2.75) is 37.6 Å². The van der Waals surface area contributed by atoms with Crippen molar-refractivity contribution in [1.82, 2.24) is 9.62 Å². The molecule has 1 aromatic rings. The van der Waals surface area contributed by atoms with E-state index in [1.165, 1.54) is 11.0 Å². The van der Waals surface area contributed by atoms with Crippen LogP contribution < -0.4 is 4.72 Å². The SMILES string of the molecule is C=CCN(C(=O)CCNS(=O)(=O)c1ccc(C)c(C)c1)C1CCS(=O)(=O)C1. The van der Waals surface area contributed by atoms with E-state index in [0.29, 0.717) is 6.42 Å². The Morgan fingerprint density at radius 2 is 2.04 bits per heavy atom. The molecule has 0 saturated carbocycles. The number of hydrogen-bond acceptors (Lipinski definition) is 5. The molecule has 0 radical (unpaired) electrons. The third-order valence-corrected chi connectivity index (χ3v) is 7.92. The summed E-state index contributed by atoms with van der Waals surface area (Å²) in [5, 5.41) is 0. The van der Waals surface area contributed by atoms with Gasteiger partial charge in [0.2, 0.25) is 15.9 Å². The van der Waals surface area contributed by atoms with Crippen molar-refractivity contribution in [3.63, 3.8) is 0 Å². The summed E-state index contributed by atoms with van der Waals surface area (Å²) < 4.78 is 50.5. The summed E-state index contributed by atoms with van der Waals surface area (Å²) in [7, 11) is -6.83. The number of carbonyl (C=O) groups is 1. The number of hydrogen-bond donors (Lipinski definition) is 1. The molecule has 7 nitrogen and oxygen atoms in total. The molecular weight excluding hydrogens is 388 g/mol. The van der Waals surface area contributed by atoms with Crippen LogP contribution in [0, 0.1) is 13.8 Å². The summed E-state index contributed by atoms with van der Waals surface area (Å²) in [6, 6.07) is 4.48. The molecule has 1 N–H and O–H groups in total. The average molecular weight is 415 g/mol. The van der Waals surface area contributed by atoms with Crippen LogP contribution in [0.25, 0.3) is 0 Å². The molecule has 2 rings (SSSR count). The first-order valence-corrected chi connectivity index (χ1v) is 12.0. The van der Waals surface area contributed by atoms with E-state index >= 15 is 0 Å². The van der Waals surface area contributed by atoms with Gasteiger partial charge in [-0.3, -0.25) is 4.79 Å². The van der Waals surface area contributed by atoms with Gasteiger partial charge in [0.25, 0.3) is 0 Å². The largest absolute Gasteiger partial charge is 0.335 e. The van der Waals surface area contributed by atoms with E-state index in [2.05, 4.69) is 11.3 Å². The van der Waals surface area contributed by atoms with Crippen molar-refractivity contribution in [2.75, 3.05) is 24.6 Å². The average Bonchev–Trinajstić information content (AvgIpc) is 2.94. The first-order chi connectivity index (χ1) is 12.6. The second-order valence-electron chi connectivity index (χ2n) is 6.79. The van der Waals surface area contributed by atoms with E-state index in [0.717, 1.165) is 11.1 Å². The molecule has 1 aliphatic heterocycles. The fraction of sp³-hybridized carbons (Fsp3) is 0.500. The van der Waals surface area contributed by atoms with Gasteiger partial charge in [0.15, 0.2) is 9.84 Å². The molecule has 1 saturated heterocycles. The van der Waals surface area contributed by atoms with Gasteiger partial charge in [0, 0.05) is 25.6 Å². The smallest absolute Gasteiger partial charge is 0.240 e. The highest BCUT2D eigenvalue weighted by Gasteiger charge is 2.34. The molecule has 1 aromatic carbocycles. The monoisotopic (exact) mass is 414 g/mol.